The molecule has 2 aromatic carbocycles. The van der Waals surface area contributed by atoms with E-state index >= 15 is 0 Å². The molecule has 0 spiro atoms. The summed E-state index contributed by atoms with van der Waals surface area (Å²) in [6.45, 7) is 0. The van der Waals surface area contributed by atoms with E-state index in [1.54, 1.807) is 0 Å². The van der Waals surface area contributed by atoms with Gasteiger partial charge in [-0.25, -0.2) is 0 Å². The molecule has 18 heavy (non-hydrogen) atoms. The van der Waals surface area contributed by atoms with E-state index in [-0.39, 0.29) is 0 Å². The lowest BCUT2D eigenvalue weighted by molar-refractivity contribution is 1.77. The first-order chi connectivity index (χ1) is 8.58. The molecule has 6 heteroatoms. The third-order valence-electron chi connectivity index (χ3n) is 2.23. The molecule has 0 aliphatic rings. The molecule has 2 unspecified atom stereocenters. The molecule has 0 nitrogen and oxygen atoms in total. The Hall–Kier alpha value is 0.840. The van der Waals surface area contributed by atoms with Crippen LogP contribution in [-0.2, 0) is 0 Å². The predicted octanol–water partition coefficient (Wildman–Crippen LogP) is 6.44. The van der Waals surface area contributed by atoms with Gasteiger partial charge in [-0.2, -0.15) is 0 Å². The Morgan fingerprint density at radius 3 is 1.17 bits per heavy atom. The zero-order valence-corrected chi connectivity index (χ0v) is 15.5. The molecule has 0 saturated carbocycles. The molecule has 0 aliphatic carbocycles. The third-order valence-corrected chi connectivity index (χ3v) is 18.8. The van der Waals surface area contributed by atoms with Crippen LogP contribution in [-0.4, -0.2) is 0 Å². The van der Waals surface area contributed by atoms with Gasteiger partial charge in [-0.05, 0) is 65.9 Å². The van der Waals surface area contributed by atoms with Crippen molar-refractivity contribution in [2.24, 2.45) is 0 Å². The van der Waals surface area contributed by atoms with Gasteiger partial charge in [0.15, 0.2) is 0 Å². The minimum atomic E-state index is -0.443. The van der Waals surface area contributed by atoms with Crippen LogP contribution >= 0.6 is 66.8 Å². The van der Waals surface area contributed by atoms with Crippen LogP contribution in [0, 0.1) is 0 Å². The minimum Gasteiger partial charge on any atom is -0.0843 e. The molecule has 0 amide bonds. The predicted molar refractivity (Wildman–Crippen MR) is 93.9 cm³/mol. The summed E-state index contributed by atoms with van der Waals surface area (Å²) in [5.41, 5.74) is 0. The number of halogens is 4. The third kappa shape index (κ3) is 3.92. The molecule has 0 bridgehead atoms. The lowest BCUT2D eigenvalue weighted by Gasteiger charge is -2.17. The molecule has 2 aromatic rings. The van der Waals surface area contributed by atoms with E-state index in [9.17, 15) is 0 Å². The van der Waals surface area contributed by atoms with Crippen molar-refractivity contribution in [1.29, 1.82) is 0 Å². The van der Waals surface area contributed by atoms with Crippen molar-refractivity contribution in [2.45, 2.75) is 0 Å². The first-order valence-electron chi connectivity index (χ1n) is 5.01. The number of hydrogen-bond acceptors (Lipinski definition) is 0. The second-order valence-corrected chi connectivity index (χ2v) is 16.4. The van der Waals surface area contributed by atoms with Crippen molar-refractivity contribution in [2.75, 3.05) is 0 Å². The topological polar surface area (TPSA) is 0 Å². The number of benzene rings is 2. The Kier molecular flexibility index (Phi) is 5.94. The van der Waals surface area contributed by atoms with Gasteiger partial charge in [-0.1, -0.05) is 47.5 Å². The zero-order chi connectivity index (χ0) is 13.1. The Balaban J connectivity index is 2.20. The molecule has 94 valence electrons. The quantitative estimate of drug-likeness (QED) is 0.478. The fourth-order valence-corrected chi connectivity index (χ4v) is 9.51. The van der Waals surface area contributed by atoms with Gasteiger partial charge in [0.1, 0.15) is 0 Å². The fourth-order valence-electron chi connectivity index (χ4n) is 1.33. The maximum atomic E-state index is 5.90. The molecule has 0 aliphatic heterocycles. The van der Waals surface area contributed by atoms with Crippen molar-refractivity contribution in [1.82, 2.24) is 0 Å². The van der Waals surface area contributed by atoms with E-state index in [2.05, 4.69) is 55.2 Å². The van der Waals surface area contributed by atoms with Crippen LogP contribution in [0.4, 0.5) is 0 Å². The molecule has 0 aromatic heterocycles. The van der Waals surface area contributed by atoms with E-state index < -0.39 is 12.6 Å². The summed E-state index contributed by atoms with van der Waals surface area (Å²) in [5, 5.41) is 4.07. The molecular formula is C12H8Br2Cl2P2. The van der Waals surface area contributed by atoms with E-state index in [4.69, 9.17) is 23.2 Å². The smallest absolute Gasteiger partial charge is 0.0406 e. The molecule has 0 heterocycles. The van der Waals surface area contributed by atoms with Gasteiger partial charge < -0.3 is 0 Å². The van der Waals surface area contributed by atoms with E-state index in [1.807, 2.05) is 24.3 Å². The Morgan fingerprint density at radius 2 is 0.889 bits per heavy atom. The van der Waals surface area contributed by atoms with Crippen LogP contribution in [0.5, 0.6) is 0 Å². The lowest BCUT2D eigenvalue weighted by atomic mass is 10.4. The molecule has 0 saturated heterocycles. The standard InChI is InChI=1S/C12H8Br2Cl2P2/c13-17(11-5-1-9(15)2-6-11)18(14)12-7-3-10(16)4-8-12/h1-8H. The fraction of sp³-hybridized carbons (Fsp3) is 0. The van der Waals surface area contributed by atoms with Gasteiger partial charge >= 0.3 is 0 Å². The zero-order valence-electron chi connectivity index (χ0n) is 9.03. The average molecular weight is 445 g/mol. The van der Waals surface area contributed by atoms with Gasteiger partial charge in [0, 0.05) is 22.7 Å². The Bertz CT molecular complexity index is 467. The summed E-state index contributed by atoms with van der Waals surface area (Å²) < 4.78 is 0. The molecule has 2 atom stereocenters. The summed E-state index contributed by atoms with van der Waals surface area (Å²) >= 11 is 19.4. The van der Waals surface area contributed by atoms with E-state index in [0.717, 1.165) is 10.0 Å². The van der Waals surface area contributed by atoms with Gasteiger partial charge in [0.25, 0.3) is 0 Å². The highest BCUT2D eigenvalue weighted by Gasteiger charge is 2.19. The van der Waals surface area contributed by atoms with Crippen molar-refractivity contribution >= 4 is 77.4 Å². The maximum Gasteiger partial charge on any atom is 0.0406 e. The average Bonchev–Trinajstić information content (AvgIpc) is 2.39. The van der Waals surface area contributed by atoms with E-state index in [0.29, 0.717) is 0 Å². The Labute approximate surface area is 135 Å². The van der Waals surface area contributed by atoms with Crippen molar-refractivity contribution in [3.8, 4) is 0 Å². The SMILES string of the molecule is Clc1ccc(P(Br)P(Br)c2ccc(Cl)cc2)cc1. The first-order valence-corrected chi connectivity index (χ1v) is 13.2. The summed E-state index contributed by atoms with van der Waals surface area (Å²) in [6, 6.07) is 15.9. The van der Waals surface area contributed by atoms with Crippen LogP contribution in [0.1, 0.15) is 0 Å². The summed E-state index contributed by atoms with van der Waals surface area (Å²) in [4.78, 5) is 0. The summed E-state index contributed by atoms with van der Waals surface area (Å²) in [7, 11) is 0. The van der Waals surface area contributed by atoms with Crippen LogP contribution in [0.2, 0.25) is 10.0 Å². The van der Waals surface area contributed by atoms with Crippen LogP contribution < -0.4 is 10.6 Å². The highest BCUT2D eigenvalue weighted by atomic mass is 79.9. The van der Waals surface area contributed by atoms with Gasteiger partial charge in [-0.3, -0.25) is 0 Å². The largest absolute Gasteiger partial charge is 0.0843 e. The molecule has 2 rings (SSSR count). The Morgan fingerprint density at radius 1 is 0.611 bits per heavy atom. The highest BCUT2D eigenvalue weighted by Crippen LogP contribution is 2.76. The summed E-state index contributed by atoms with van der Waals surface area (Å²) in [5.74, 6) is 0. The number of hydrogen-bond donors (Lipinski definition) is 0. The van der Waals surface area contributed by atoms with E-state index in [1.165, 1.54) is 10.6 Å². The highest BCUT2D eigenvalue weighted by molar-refractivity contribution is 9.60. The summed E-state index contributed by atoms with van der Waals surface area (Å²) in [6.07, 6.45) is -0.886. The van der Waals surface area contributed by atoms with Crippen molar-refractivity contribution < 1.29 is 0 Å². The van der Waals surface area contributed by atoms with Gasteiger partial charge in [0.05, 0.1) is 0 Å². The molecule has 0 radical (unpaired) electrons. The molecule has 0 N–H and O–H groups in total. The van der Waals surface area contributed by atoms with Crippen molar-refractivity contribution in [3.05, 3.63) is 58.6 Å². The van der Waals surface area contributed by atoms with Crippen LogP contribution in [0.3, 0.4) is 0 Å². The second kappa shape index (κ2) is 7.02. The normalized spacial score (nSPS) is 14.2. The lowest BCUT2D eigenvalue weighted by Crippen LogP contribution is -2.00. The number of rotatable bonds is 3. The minimum absolute atomic E-state index is 0.443. The first kappa shape index (κ1) is 15.2. The monoisotopic (exact) mass is 442 g/mol. The molecule has 0 fully saturated rings. The van der Waals surface area contributed by atoms with Crippen LogP contribution in [0.15, 0.2) is 48.5 Å². The maximum absolute atomic E-state index is 5.90. The van der Waals surface area contributed by atoms with Gasteiger partial charge in [-0.15, -0.1) is 0 Å². The molecular weight excluding hydrogens is 437 g/mol. The van der Waals surface area contributed by atoms with Crippen LogP contribution in [0.25, 0.3) is 0 Å². The van der Waals surface area contributed by atoms with Gasteiger partial charge in [0.2, 0.25) is 0 Å². The second-order valence-electron chi connectivity index (χ2n) is 3.47. The van der Waals surface area contributed by atoms with Crippen molar-refractivity contribution in [3.63, 3.8) is 0 Å².